The van der Waals surface area contributed by atoms with Crippen molar-refractivity contribution in [2.45, 2.75) is 37.6 Å². The Balaban J connectivity index is 1.68. The first-order valence-corrected chi connectivity index (χ1v) is 10.7. The van der Waals surface area contributed by atoms with Crippen LogP contribution in [0.4, 0.5) is 11.4 Å². The van der Waals surface area contributed by atoms with E-state index < -0.39 is 0 Å². The zero-order chi connectivity index (χ0) is 22.4. The highest BCUT2D eigenvalue weighted by atomic mass is 32.2. The summed E-state index contributed by atoms with van der Waals surface area (Å²) in [4.78, 5) is 43.6. The second-order valence-electron chi connectivity index (χ2n) is 7.09. The van der Waals surface area contributed by atoms with Gasteiger partial charge in [-0.1, -0.05) is 48.2 Å². The summed E-state index contributed by atoms with van der Waals surface area (Å²) in [5.41, 5.74) is 2.77. The summed E-state index contributed by atoms with van der Waals surface area (Å²) in [5, 5.41) is 6.05. The summed E-state index contributed by atoms with van der Waals surface area (Å²) in [6.45, 7) is 5.19. The van der Waals surface area contributed by atoms with Crippen LogP contribution >= 0.6 is 11.8 Å². The lowest BCUT2D eigenvalue weighted by atomic mass is 10.1. The molecule has 0 bridgehead atoms. The third kappa shape index (κ3) is 6.29. The van der Waals surface area contributed by atoms with Gasteiger partial charge in [-0.25, -0.2) is 4.98 Å². The van der Waals surface area contributed by atoms with Crippen LogP contribution in [0.5, 0.6) is 0 Å². The molecule has 31 heavy (non-hydrogen) atoms. The van der Waals surface area contributed by atoms with Gasteiger partial charge in [0.15, 0.2) is 5.16 Å². The normalized spacial score (nSPS) is 11.6. The van der Waals surface area contributed by atoms with Gasteiger partial charge in [-0.15, -0.1) is 0 Å². The summed E-state index contributed by atoms with van der Waals surface area (Å²) in [7, 11) is 0. The Morgan fingerprint density at radius 2 is 1.74 bits per heavy atom. The molecule has 3 N–H and O–H groups in total. The number of aromatic nitrogens is 2. The highest BCUT2D eigenvalue weighted by Crippen LogP contribution is 2.32. The van der Waals surface area contributed by atoms with E-state index >= 15 is 0 Å². The second kappa shape index (κ2) is 10.1. The van der Waals surface area contributed by atoms with Crippen LogP contribution in [0.2, 0.25) is 0 Å². The van der Waals surface area contributed by atoms with Crippen LogP contribution in [-0.2, 0) is 16.0 Å². The van der Waals surface area contributed by atoms with Gasteiger partial charge in [-0.05, 0) is 37.6 Å². The number of rotatable bonds is 7. The van der Waals surface area contributed by atoms with Crippen LogP contribution in [0.25, 0.3) is 0 Å². The first-order chi connectivity index (χ1) is 14.8. The lowest BCUT2D eigenvalue weighted by Crippen LogP contribution is -2.24. The number of aromatic amines is 1. The molecule has 1 atom stereocenters. The number of hydrogen-bond donors (Lipinski definition) is 3. The first-order valence-electron chi connectivity index (χ1n) is 9.80. The highest BCUT2D eigenvalue weighted by Gasteiger charge is 2.15. The third-order valence-corrected chi connectivity index (χ3v) is 5.60. The molecule has 0 aliphatic heterocycles. The number of anilines is 2. The van der Waals surface area contributed by atoms with Crippen LogP contribution in [0.3, 0.4) is 0 Å². The molecule has 0 aliphatic carbocycles. The van der Waals surface area contributed by atoms with Gasteiger partial charge in [0.1, 0.15) is 0 Å². The number of hydrogen-bond acceptors (Lipinski definition) is 5. The molecule has 8 heteroatoms. The van der Waals surface area contributed by atoms with Gasteiger partial charge in [0.25, 0.3) is 5.56 Å². The molecule has 0 spiro atoms. The molecule has 3 rings (SSSR count). The van der Waals surface area contributed by atoms with Crippen molar-refractivity contribution in [2.75, 3.05) is 10.6 Å². The maximum Gasteiger partial charge on any atom is 0.255 e. The molecule has 160 valence electrons. The summed E-state index contributed by atoms with van der Waals surface area (Å²) in [6, 6.07) is 16.8. The van der Waals surface area contributed by atoms with Gasteiger partial charge < -0.3 is 15.6 Å². The number of aryl methyl sites for hydroxylation is 1. The standard InChI is InChI=1S/C23H24N4O3S/c1-14-20(13-21(29)26-19-11-7-10-18(12-19)25-16(3)28)22(30)27-23(24-14)31-15(2)17-8-5-4-6-9-17/h4-12,15H,13H2,1-3H3,(H,25,28)(H,26,29)(H,24,27,30). The predicted molar refractivity (Wildman–Crippen MR) is 123 cm³/mol. The lowest BCUT2D eigenvalue weighted by Gasteiger charge is -2.12. The Hall–Kier alpha value is -3.39. The minimum atomic E-state index is -0.339. The van der Waals surface area contributed by atoms with E-state index in [0.29, 0.717) is 27.8 Å². The maximum atomic E-state index is 12.6. The van der Waals surface area contributed by atoms with E-state index in [1.165, 1.54) is 18.7 Å². The zero-order valence-electron chi connectivity index (χ0n) is 17.6. The van der Waals surface area contributed by atoms with Crippen LogP contribution < -0.4 is 16.2 Å². The van der Waals surface area contributed by atoms with Gasteiger partial charge in [-0.3, -0.25) is 14.4 Å². The average Bonchev–Trinajstić information content (AvgIpc) is 2.71. The molecule has 0 saturated carbocycles. The molecule has 0 aliphatic rings. The molecule has 2 aromatic carbocycles. The van der Waals surface area contributed by atoms with E-state index in [0.717, 1.165) is 5.56 Å². The fourth-order valence-electron chi connectivity index (χ4n) is 3.05. The van der Waals surface area contributed by atoms with Crippen LogP contribution in [-0.4, -0.2) is 21.8 Å². The van der Waals surface area contributed by atoms with Crippen LogP contribution in [0.15, 0.2) is 64.5 Å². The Kier molecular flexibility index (Phi) is 7.25. The summed E-state index contributed by atoms with van der Waals surface area (Å²) in [5.74, 6) is -0.537. The zero-order valence-corrected chi connectivity index (χ0v) is 18.4. The fourth-order valence-corrected chi connectivity index (χ4v) is 4.02. The lowest BCUT2D eigenvalue weighted by molar-refractivity contribution is -0.116. The summed E-state index contributed by atoms with van der Waals surface area (Å²) in [6.07, 6.45) is -0.0995. The predicted octanol–water partition coefficient (Wildman–Crippen LogP) is 4.07. The van der Waals surface area contributed by atoms with Gasteiger partial charge in [0, 0.05) is 34.8 Å². The largest absolute Gasteiger partial charge is 0.326 e. The van der Waals surface area contributed by atoms with E-state index in [-0.39, 0.29) is 29.0 Å². The van der Waals surface area contributed by atoms with E-state index in [9.17, 15) is 14.4 Å². The Bertz CT molecular complexity index is 1150. The number of nitrogens with one attached hydrogen (secondary N) is 3. The minimum absolute atomic E-state index is 0.0995. The Labute approximate surface area is 184 Å². The van der Waals surface area contributed by atoms with Gasteiger partial charge >= 0.3 is 0 Å². The fraction of sp³-hybridized carbons (Fsp3) is 0.217. The topological polar surface area (TPSA) is 104 Å². The number of benzene rings is 2. The van der Waals surface area contributed by atoms with Gasteiger partial charge in [0.05, 0.1) is 6.42 Å². The van der Waals surface area contributed by atoms with E-state index in [4.69, 9.17) is 0 Å². The van der Waals surface area contributed by atoms with Crippen molar-refractivity contribution in [3.8, 4) is 0 Å². The third-order valence-electron chi connectivity index (χ3n) is 4.56. The first kappa shape index (κ1) is 22.3. The molecular formula is C23H24N4O3S. The van der Waals surface area contributed by atoms with Crippen molar-refractivity contribution in [3.05, 3.63) is 81.8 Å². The van der Waals surface area contributed by atoms with E-state index in [2.05, 4.69) is 20.6 Å². The number of H-pyrrole nitrogens is 1. The van der Waals surface area contributed by atoms with Crippen molar-refractivity contribution >= 4 is 35.0 Å². The SMILES string of the molecule is CC(=O)Nc1cccc(NC(=O)Cc2c(C)nc(SC(C)c3ccccc3)[nH]c2=O)c1. The molecule has 0 fully saturated rings. The average molecular weight is 437 g/mol. The van der Waals surface area contributed by atoms with Gasteiger partial charge in [0.2, 0.25) is 11.8 Å². The van der Waals surface area contributed by atoms with Crippen LogP contribution in [0.1, 0.15) is 35.9 Å². The van der Waals surface area contributed by atoms with Crippen molar-refractivity contribution in [1.82, 2.24) is 9.97 Å². The summed E-state index contributed by atoms with van der Waals surface area (Å²) >= 11 is 1.46. The molecule has 1 heterocycles. The number of carbonyl (C=O) groups excluding carboxylic acids is 2. The quantitative estimate of drug-likeness (QED) is 0.383. The molecule has 3 aromatic rings. The molecule has 7 nitrogen and oxygen atoms in total. The van der Waals surface area contributed by atoms with Crippen LogP contribution in [0, 0.1) is 6.92 Å². The molecule has 1 unspecified atom stereocenters. The molecule has 0 saturated heterocycles. The molecule has 1 aromatic heterocycles. The van der Waals surface area contributed by atoms with Crippen molar-refractivity contribution in [2.24, 2.45) is 0 Å². The maximum absolute atomic E-state index is 12.6. The Morgan fingerprint density at radius 1 is 1.06 bits per heavy atom. The Morgan fingerprint density at radius 3 is 2.39 bits per heavy atom. The molecule has 2 amide bonds. The smallest absolute Gasteiger partial charge is 0.255 e. The number of thioether (sulfide) groups is 1. The number of carbonyl (C=O) groups is 2. The monoisotopic (exact) mass is 436 g/mol. The van der Waals surface area contributed by atoms with Crippen molar-refractivity contribution in [3.63, 3.8) is 0 Å². The van der Waals surface area contributed by atoms with Crippen molar-refractivity contribution in [1.29, 1.82) is 0 Å². The van der Waals surface area contributed by atoms with Crippen molar-refractivity contribution < 1.29 is 9.59 Å². The molecule has 0 radical (unpaired) electrons. The van der Waals surface area contributed by atoms with E-state index in [1.54, 1.807) is 31.2 Å². The molecular weight excluding hydrogens is 412 g/mol. The minimum Gasteiger partial charge on any atom is -0.326 e. The number of nitrogens with zero attached hydrogens (tertiary/aromatic N) is 1. The highest BCUT2D eigenvalue weighted by molar-refractivity contribution is 7.99. The second-order valence-corrected chi connectivity index (χ2v) is 8.42. The van der Waals surface area contributed by atoms with E-state index in [1.807, 2.05) is 37.3 Å². The summed E-state index contributed by atoms with van der Waals surface area (Å²) < 4.78 is 0. The number of amides is 2. The van der Waals surface area contributed by atoms with Gasteiger partial charge in [-0.2, -0.15) is 0 Å².